The molecule has 0 radical (unpaired) electrons. The predicted molar refractivity (Wildman–Crippen MR) is 338 cm³/mol. The summed E-state index contributed by atoms with van der Waals surface area (Å²) in [6.45, 7) is 6.34. The Morgan fingerprint density at radius 1 is 0.269 bits per heavy atom. The summed E-state index contributed by atoms with van der Waals surface area (Å²) in [5.74, 6) is -0.973. The summed E-state index contributed by atoms with van der Waals surface area (Å²) in [5, 5.41) is 0. The van der Waals surface area contributed by atoms with Crippen LogP contribution in [0.4, 0.5) is 0 Å². The Hall–Kier alpha value is -4.97. The lowest BCUT2D eigenvalue weighted by Crippen LogP contribution is -2.30. The molecule has 0 aliphatic rings. The van der Waals surface area contributed by atoms with Gasteiger partial charge in [-0.3, -0.25) is 14.4 Å². The van der Waals surface area contributed by atoms with Crippen LogP contribution in [-0.2, 0) is 28.6 Å². The third-order valence-corrected chi connectivity index (χ3v) is 12.7. The van der Waals surface area contributed by atoms with Gasteiger partial charge in [-0.1, -0.05) is 249 Å². The number of esters is 3. The molecule has 0 aromatic carbocycles. The van der Waals surface area contributed by atoms with E-state index in [-0.39, 0.29) is 31.1 Å². The van der Waals surface area contributed by atoms with E-state index in [1.165, 1.54) is 44.9 Å². The number of rotatable bonds is 55. The van der Waals surface area contributed by atoms with Crippen molar-refractivity contribution in [1.29, 1.82) is 0 Å². The van der Waals surface area contributed by atoms with Crippen molar-refractivity contribution in [2.24, 2.45) is 0 Å². The number of carbonyl (C=O) groups is 3. The van der Waals surface area contributed by atoms with Gasteiger partial charge >= 0.3 is 17.9 Å². The summed E-state index contributed by atoms with van der Waals surface area (Å²) >= 11 is 0. The largest absolute Gasteiger partial charge is 0.462 e. The number of ether oxygens (including phenoxy) is 3. The third-order valence-electron chi connectivity index (χ3n) is 12.7. The van der Waals surface area contributed by atoms with Crippen LogP contribution in [0.1, 0.15) is 258 Å². The molecule has 0 rings (SSSR count). The van der Waals surface area contributed by atoms with Gasteiger partial charge in [-0.05, 0) is 148 Å². The molecule has 1 atom stereocenters. The third kappa shape index (κ3) is 61.9. The molecule has 6 heteroatoms. The predicted octanol–water partition coefficient (Wildman–Crippen LogP) is 21.7. The molecule has 0 spiro atoms. The normalized spacial score (nSPS) is 13.2. The molecule has 0 bridgehead atoms. The summed E-state index contributed by atoms with van der Waals surface area (Å²) < 4.78 is 16.9. The van der Waals surface area contributed by atoms with Crippen molar-refractivity contribution < 1.29 is 28.6 Å². The van der Waals surface area contributed by atoms with Crippen molar-refractivity contribution in [2.45, 2.75) is 264 Å². The maximum atomic E-state index is 12.9. The smallest absolute Gasteiger partial charge is 0.306 e. The zero-order valence-electron chi connectivity index (χ0n) is 50.1. The summed E-state index contributed by atoms with van der Waals surface area (Å²) in [4.78, 5) is 38.3. The van der Waals surface area contributed by atoms with Crippen molar-refractivity contribution in [3.05, 3.63) is 158 Å². The summed E-state index contributed by atoms with van der Waals surface area (Å²) in [7, 11) is 0. The van der Waals surface area contributed by atoms with Gasteiger partial charge in [0.1, 0.15) is 13.2 Å². The van der Waals surface area contributed by atoms with E-state index in [4.69, 9.17) is 14.2 Å². The summed E-state index contributed by atoms with van der Waals surface area (Å²) in [6, 6.07) is 0. The highest BCUT2D eigenvalue weighted by molar-refractivity contribution is 5.71. The standard InChI is InChI=1S/C72H114O6/c1-4-7-10-13-16-19-22-25-28-31-33-34-35-36-37-38-40-41-44-47-50-53-56-59-62-65-71(74)77-68-69(67-76-70(73)64-61-58-55-52-49-46-43-30-27-24-21-18-15-12-9-6-3)78-72(75)66-63-60-57-54-51-48-45-42-39-32-29-26-23-20-17-14-11-8-5-2/h7-8,10-11,16-17,19-21,24-26,28-30,33-34,36-37,39-43,47,50,69H,4-6,9,12-15,18,22-23,27,31-32,35,38,44-46,48-49,51-68H2,1-3H3/b10-7-,11-8-,19-16-,20-17-,24-21-,28-25-,29-26-,34-33-,37-36-,41-40-,42-39-,43-30-,50-47-. The summed E-state index contributed by atoms with van der Waals surface area (Å²) in [5.41, 5.74) is 0. The van der Waals surface area contributed by atoms with Crippen LogP contribution in [0.25, 0.3) is 0 Å². The zero-order chi connectivity index (χ0) is 56.4. The Kier molecular flexibility index (Phi) is 60.4. The highest BCUT2D eigenvalue weighted by Gasteiger charge is 2.19. The van der Waals surface area contributed by atoms with Gasteiger partial charge in [0.25, 0.3) is 0 Å². The SMILES string of the molecule is CC/C=C\C/C=C\C/C=C\C/C=C\C/C=C\C/C=C\C/C=C\CCCCCC(=O)OCC(COC(=O)CCCCCCC/C=C\C/C=C\CCCCCC)OC(=O)CCCCCCCC/C=C\C/C=C\C/C=C\C/C=C\CC. The van der Waals surface area contributed by atoms with Crippen molar-refractivity contribution in [2.75, 3.05) is 13.2 Å². The molecular weight excluding hydrogens is 961 g/mol. The van der Waals surface area contributed by atoms with Gasteiger partial charge in [0.2, 0.25) is 0 Å². The van der Waals surface area contributed by atoms with Crippen LogP contribution < -0.4 is 0 Å². The monoisotopic (exact) mass is 1070 g/mol. The Bertz CT molecular complexity index is 1760. The Balaban J connectivity index is 4.52. The number of carbonyl (C=O) groups excluding carboxylic acids is 3. The van der Waals surface area contributed by atoms with Crippen molar-refractivity contribution >= 4 is 17.9 Å². The summed E-state index contributed by atoms with van der Waals surface area (Å²) in [6.07, 6.45) is 93.8. The van der Waals surface area contributed by atoms with Crippen molar-refractivity contribution in [3.63, 3.8) is 0 Å². The second-order valence-electron chi connectivity index (χ2n) is 20.2. The van der Waals surface area contributed by atoms with Crippen LogP contribution in [-0.4, -0.2) is 37.2 Å². The van der Waals surface area contributed by atoms with E-state index >= 15 is 0 Å². The van der Waals surface area contributed by atoms with Gasteiger partial charge in [0.15, 0.2) is 6.10 Å². The molecule has 0 fully saturated rings. The fraction of sp³-hybridized carbons (Fsp3) is 0.597. The molecule has 438 valence electrons. The van der Waals surface area contributed by atoms with E-state index < -0.39 is 6.10 Å². The topological polar surface area (TPSA) is 78.9 Å². The van der Waals surface area contributed by atoms with Gasteiger partial charge < -0.3 is 14.2 Å². The molecule has 0 aliphatic carbocycles. The minimum atomic E-state index is -0.815. The van der Waals surface area contributed by atoms with Crippen LogP contribution in [0.15, 0.2) is 158 Å². The number of hydrogen-bond donors (Lipinski definition) is 0. The quantitative estimate of drug-likeness (QED) is 0.0261. The lowest BCUT2D eigenvalue weighted by atomic mass is 10.1. The van der Waals surface area contributed by atoms with Gasteiger partial charge in [-0.15, -0.1) is 0 Å². The first kappa shape index (κ1) is 73.0. The fourth-order valence-electron chi connectivity index (χ4n) is 8.09. The van der Waals surface area contributed by atoms with Crippen molar-refractivity contribution in [1.82, 2.24) is 0 Å². The van der Waals surface area contributed by atoms with Crippen LogP contribution in [0.3, 0.4) is 0 Å². The molecule has 0 saturated heterocycles. The zero-order valence-corrected chi connectivity index (χ0v) is 50.1. The number of hydrogen-bond acceptors (Lipinski definition) is 6. The molecule has 6 nitrogen and oxygen atoms in total. The second kappa shape index (κ2) is 64.6. The van der Waals surface area contributed by atoms with Gasteiger partial charge in [0.05, 0.1) is 0 Å². The molecular formula is C72H114O6. The maximum Gasteiger partial charge on any atom is 0.306 e. The van der Waals surface area contributed by atoms with Crippen LogP contribution in [0.2, 0.25) is 0 Å². The minimum absolute atomic E-state index is 0.109. The fourth-order valence-corrected chi connectivity index (χ4v) is 8.09. The van der Waals surface area contributed by atoms with E-state index in [1.54, 1.807) is 0 Å². The highest BCUT2D eigenvalue weighted by Crippen LogP contribution is 2.13. The molecule has 0 saturated carbocycles. The van der Waals surface area contributed by atoms with Gasteiger partial charge in [0, 0.05) is 19.3 Å². The molecule has 0 aromatic rings. The van der Waals surface area contributed by atoms with Crippen LogP contribution >= 0.6 is 0 Å². The molecule has 0 N–H and O–H groups in total. The maximum absolute atomic E-state index is 12.9. The molecule has 0 aromatic heterocycles. The average Bonchev–Trinajstić information content (AvgIpc) is 3.44. The van der Waals surface area contributed by atoms with E-state index in [9.17, 15) is 14.4 Å². The Morgan fingerprint density at radius 3 is 0.795 bits per heavy atom. The Morgan fingerprint density at radius 2 is 0.500 bits per heavy atom. The number of allylic oxidation sites excluding steroid dienone is 26. The second-order valence-corrected chi connectivity index (χ2v) is 20.2. The lowest BCUT2D eigenvalue weighted by molar-refractivity contribution is -0.167. The molecule has 0 aliphatic heterocycles. The Labute approximate surface area is 480 Å². The van der Waals surface area contributed by atoms with Gasteiger partial charge in [-0.25, -0.2) is 0 Å². The average molecular weight is 1080 g/mol. The number of unbranched alkanes of at least 4 members (excludes halogenated alkanes) is 18. The molecule has 1 unspecified atom stereocenters. The van der Waals surface area contributed by atoms with E-state index in [2.05, 4.69) is 179 Å². The molecule has 0 heterocycles. The lowest BCUT2D eigenvalue weighted by Gasteiger charge is -2.18. The first-order chi connectivity index (χ1) is 38.5. The van der Waals surface area contributed by atoms with Crippen LogP contribution in [0, 0.1) is 0 Å². The molecule has 0 amide bonds. The minimum Gasteiger partial charge on any atom is -0.462 e. The van der Waals surface area contributed by atoms with Crippen LogP contribution in [0.5, 0.6) is 0 Å². The van der Waals surface area contributed by atoms with E-state index in [0.717, 1.165) is 173 Å². The van der Waals surface area contributed by atoms with E-state index in [1.807, 2.05) is 0 Å². The van der Waals surface area contributed by atoms with Crippen molar-refractivity contribution in [3.8, 4) is 0 Å². The van der Waals surface area contributed by atoms with Gasteiger partial charge in [-0.2, -0.15) is 0 Å². The first-order valence-electron chi connectivity index (χ1n) is 31.5. The highest BCUT2D eigenvalue weighted by atomic mass is 16.6. The first-order valence-corrected chi connectivity index (χ1v) is 31.5. The van der Waals surface area contributed by atoms with E-state index in [0.29, 0.717) is 19.3 Å². The molecule has 78 heavy (non-hydrogen) atoms.